The highest BCUT2D eigenvalue weighted by Gasteiger charge is 2.21. The molecule has 0 aliphatic carbocycles. The van der Waals surface area contributed by atoms with E-state index in [2.05, 4.69) is 191 Å². The number of rotatable bonds is 5. The highest BCUT2D eigenvalue weighted by molar-refractivity contribution is 6.12. The van der Waals surface area contributed by atoms with E-state index in [-0.39, 0.29) is 0 Å². The largest absolute Gasteiger partial charge is 0.456 e. The van der Waals surface area contributed by atoms with Gasteiger partial charge in [-0.2, -0.15) is 0 Å². The molecule has 0 saturated carbocycles. The fraction of sp³-hybridized carbons (Fsp3) is 0. The van der Waals surface area contributed by atoms with Crippen molar-refractivity contribution >= 4 is 82.4 Å². The molecular formula is C50H32N2O. The molecule has 0 aliphatic heterocycles. The molecule has 0 radical (unpaired) electrons. The molecule has 3 heteroatoms. The van der Waals surface area contributed by atoms with E-state index in [1.165, 1.54) is 38.2 Å². The van der Waals surface area contributed by atoms with Crippen molar-refractivity contribution in [2.45, 2.75) is 0 Å². The van der Waals surface area contributed by atoms with Gasteiger partial charge in [-0.15, -0.1) is 0 Å². The van der Waals surface area contributed by atoms with Crippen LogP contribution in [0, 0.1) is 0 Å². The van der Waals surface area contributed by atoms with Crippen molar-refractivity contribution in [2.75, 3.05) is 4.90 Å². The molecule has 0 atom stereocenters. The third kappa shape index (κ3) is 4.75. The van der Waals surface area contributed by atoms with Gasteiger partial charge in [0.2, 0.25) is 0 Å². The van der Waals surface area contributed by atoms with Crippen molar-refractivity contribution in [3.63, 3.8) is 0 Å². The Labute approximate surface area is 306 Å². The first-order chi connectivity index (χ1) is 26.3. The van der Waals surface area contributed by atoms with Crippen molar-refractivity contribution in [1.82, 2.24) is 4.57 Å². The van der Waals surface area contributed by atoms with Crippen LogP contribution in [0.2, 0.25) is 0 Å². The summed E-state index contributed by atoms with van der Waals surface area (Å²) in [5, 5.41) is 9.48. The third-order valence-corrected chi connectivity index (χ3v) is 10.7. The summed E-state index contributed by atoms with van der Waals surface area (Å²) in [6.45, 7) is 0. The van der Waals surface area contributed by atoms with Gasteiger partial charge < -0.3 is 13.9 Å². The summed E-state index contributed by atoms with van der Waals surface area (Å²) < 4.78 is 8.69. The van der Waals surface area contributed by atoms with Gasteiger partial charge in [-0.25, -0.2) is 0 Å². The number of fused-ring (bicyclic) bond motifs is 8. The summed E-state index contributed by atoms with van der Waals surface area (Å²) >= 11 is 0. The molecule has 0 aliphatic rings. The average Bonchev–Trinajstić information content (AvgIpc) is 3.75. The molecule has 0 amide bonds. The van der Waals surface area contributed by atoms with Crippen molar-refractivity contribution in [1.29, 1.82) is 0 Å². The number of benzene rings is 9. The lowest BCUT2D eigenvalue weighted by Gasteiger charge is -2.28. The summed E-state index contributed by atoms with van der Waals surface area (Å²) in [5.41, 5.74) is 10.9. The molecular weight excluding hydrogens is 645 g/mol. The van der Waals surface area contributed by atoms with Crippen LogP contribution in [0.1, 0.15) is 0 Å². The first-order valence-electron chi connectivity index (χ1n) is 18.1. The second-order valence-corrected chi connectivity index (χ2v) is 13.8. The molecule has 0 spiro atoms. The average molecular weight is 677 g/mol. The van der Waals surface area contributed by atoms with Crippen LogP contribution in [0.3, 0.4) is 0 Å². The van der Waals surface area contributed by atoms with Crippen LogP contribution in [0.25, 0.3) is 82.1 Å². The van der Waals surface area contributed by atoms with Crippen LogP contribution in [0.15, 0.2) is 199 Å². The monoisotopic (exact) mass is 676 g/mol. The molecule has 3 nitrogen and oxygen atoms in total. The molecule has 0 fully saturated rings. The molecule has 2 aromatic heterocycles. The number of hydrogen-bond acceptors (Lipinski definition) is 2. The normalized spacial score (nSPS) is 11.8. The Bertz CT molecular complexity index is 3190. The summed E-state index contributed by atoms with van der Waals surface area (Å²) in [5.74, 6) is 0. The minimum Gasteiger partial charge on any atom is -0.456 e. The van der Waals surface area contributed by atoms with Gasteiger partial charge in [0.1, 0.15) is 11.2 Å². The van der Waals surface area contributed by atoms with E-state index < -0.39 is 0 Å². The Hall–Kier alpha value is -7.10. The van der Waals surface area contributed by atoms with Crippen LogP contribution >= 0.6 is 0 Å². The van der Waals surface area contributed by atoms with Gasteiger partial charge in [0, 0.05) is 44.2 Å². The van der Waals surface area contributed by atoms with Crippen LogP contribution in [-0.2, 0) is 0 Å². The fourth-order valence-electron chi connectivity index (χ4n) is 8.24. The van der Waals surface area contributed by atoms with E-state index in [0.717, 1.165) is 61.0 Å². The van der Waals surface area contributed by atoms with Crippen LogP contribution in [0.5, 0.6) is 0 Å². The van der Waals surface area contributed by atoms with Gasteiger partial charge >= 0.3 is 0 Å². The van der Waals surface area contributed by atoms with Gasteiger partial charge in [0.25, 0.3) is 0 Å². The van der Waals surface area contributed by atoms with Crippen LogP contribution in [-0.4, -0.2) is 4.57 Å². The van der Waals surface area contributed by atoms with E-state index in [1.807, 2.05) is 12.1 Å². The van der Waals surface area contributed by atoms with Gasteiger partial charge in [0.05, 0.1) is 16.7 Å². The third-order valence-electron chi connectivity index (χ3n) is 10.7. The number of nitrogens with zero attached hydrogens (tertiary/aromatic N) is 2. The molecule has 0 saturated heterocycles. The predicted molar refractivity (Wildman–Crippen MR) is 223 cm³/mol. The zero-order valence-electron chi connectivity index (χ0n) is 28.8. The van der Waals surface area contributed by atoms with Gasteiger partial charge in [-0.3, -0.25) is 0 Å². The number of furan rings is 1. The summed E-state index contributed by atoms with van der Waals surface area (Å²) in [7, 11) is 0. The molecule has 9 aromatic carbocycles. The van der Waals surface area contributed by atoms with Gasteiger partial charge in [0.15, 0.2) is 0 Å². The summed E-state index contributed by atoms with van der Waals surface area (Å²) in [6, 6.07) is 70.0. The van der Waals surface area contributed by atoms with Gasteiger partial charge in [-0.1, -0.05) is 127 Å². The van der Waals surface area contributed by atoms with Crippen molar-refractivity contribution in [3.05, 3.63) is 194 Å². The molecule has 11 aromatic rings. The lowest BCUT2D eigenvalue weighted by Crippen LogP contribution is -2.11. The van der Waals surface area contributed by atoms with Crippen molar-refractivity contribution in [3.8, 4) is 16.8 Å². The molecule has 248 valence electrons. The van der Waals surface area contributed by atoms with Crippen LogP contribution < -0.4 is 4.90 Å². The lowest BCUT2D eigenvalue weighted by atomic mass is 10.0. The van der Waals surface area contributed by atoms with E-state index in [1.54, 1.807) is 0 Å². The highest BCUT2D eigenvalue weighted by Crippen LogP contribution is 2.44. The second-order valence-electron chi connectivity index (χ2n) is 13.8. The Kier molecular flexibility index (Phi) is 6.55. The maximum Gasteiger partial charge on any atom is 0.136 e. The first kappa shape index (κ1) is 29.6. The zero-order valence-corrected chi connectivity index (χ0v) is 28.8. The number of aromatic nitrogens is 1. The highest BCUT2D eigenvalue weighted by atomic mass is 16.3. The molecule has 0 bridgehead atoms. The van der Waals surface area contributed by atoms with Gasteiger partial charge in [-0.05, 0) is 93.8 Å². The Morgan fingerprint density at radius 2 is 1.06 bits per heavy atom. The standard InChI is InChI=1S/C50H32N2O/c1-2-13-34(14-3-1)41-16-6-9-19-46(41)51(38-25-23-36-31-50-45(30-37(36)29-38)44-18-8-11-21-49(44)53-50)40-26-27-43-42-17-7-10-20-47(42)52(48(43)32-40)39-24-22-33-12-4-5-15-35(33)28-39/h1-32H. The maximum absolute atomic E-state index is 6.27. The second kappa shape index (κ2) is 11.7. The maximum atomic E-state index is 6.27. The SMILES string of the molecule is c1ccc(-c2ccccc2N(c2ccc3cc4oc5ccccc5c4cc3c2)c2ccc3c4ccccc4n(-c4ccc5ccccc5c4)c3c2)cc1. The topological polar surface area (TPSA) is 21.3 Å². The molecule has 0 N–H and O–H groups in total. The predicted octanol–water partition coefficient (Wildman–Crippen LogP) is 14.1. The number of hydrogen-bond donors (Lipinski definition) is 0. The first-order valence-corrected chi connectivity index (χ1v) is 18.1. The van der Waals surface area contributed by atoms with Crippen molar-refractivity contribution in [2.24, 2.45) is 0 Å². The Morgan fingerprint density at radius 1 is 0.377 bits per heavy atom. The van der Waals surface area contributed by atoms with Crippen LogP contribution in [0.4, 0.5) is 17.1 Å². The lowest BCUT2D eigenvalue weighted by molar-refractivity contribution is 0.669. The molecule has 11 rings (SSSR count). The Balaban J connectivity index is 1.18. The molecule has 2 heterocycles. The van der Waals surface area contributed by atoms with Crippen molar-refractivity contribution < 1.29 is 4.42 Å². The van der Waals surface area contributed by atoms with E-state index in [4.69, 9.17) is 4.42 Å². The van der Waals surface area contributed by atoms with E-state index in [9.17, 15) is 0 Å². The summed E-state index contributed by atoms with van der Waals surface area (Å²) in [6.07, 6.45) is 0. The quantitative estimate of drug-likeness (QED) is 0.181. The molecule has 0 unspecified atom stereocenters. The number of para-hydroxylation sites is 3. The molecule has 53 heavy (non-hydrogen) atoms. The number of anilines is 3. The summed E-state index contributed by atoms with van der Waals surface area (Å²) in [4.78, 5) is 2.42. The van der Waals surface area contributed by atoms with E-state index in [0.29, 0.717) is 0 Å². The minimum absolute atomic E-state index is 0.907. The Morgan fingerprint density at radius 3 is 1.98 bits per heavy atom. The van der Waals surface area contributed by atoms with E-state index >= 15 is 0 Å². The minimum atomic E-state index is 0.907. The smallest absolute Gasteiger partial charge is 0.136 e. The zero-order chi connectivity index (χ0) is 34.9. The fourth-order valence-corrected chi connectivity index (χ4v) is 8.24.